The van der Waals surface area contributed by atoms with Crippen molar-refractivity contribution < 1.29 is 14.3 Å². The molecule has 2 aliphatic heterocycles. The number of rotatable bonds is 4. The largest absolute Gasteiger partial charge is 0.450 e. The summed E-state index contributed by atoms with van der Waals surface area (Å²) in [5, 5.41) is 6.36. The number of hydrogen-bond acceptors (Lipinski definition) is 4. The molecule has 2 N–H and O–H groups in total. The van der Waals surface area contributed by atoms with Crippen molar-refractivity contribution in [2.45, 2.75) is 26.3 Å². The maximum Gasteiger partial charge on any atom is 0.409 e. The second kappa shape index (κ2) is 10.7. The van der Waals surface area contributed by atoms with Crippen LogP contribution in [0.5, 0.6) is 0 Å². The van der Waals surface area contributed by atoms with Gasteiger partial charge in [0.1, 0.15) is 0 Å². The van der Waals surface area contributed by atoms with Crippen LogP contribution in [0, 0.1) is 0 Å². The van der Waals surface area contributed by atoms with E-state index in [1.54, 1.807) is 11.9 Å². The fourth-order valence-electron chi connectivity index (χ4n) is 3.71. The second-order valence-electron chi connectivity index (χ2n) is 7.40. The monoisotopic (exact) mass is 416 g/mol. The first-order valence-electron chi connectivity index (χ1n) is 10.6. The Bertz CT molecular complexity index is 755. The fraction of sp³-hybridized carbons (Fsp3) is 0.571. The van der Waals surface area contributed by atoms with Crippen LogP contribution < -0.4 is 10.6 Å². The van der Waals surface area contributed by atoms with E-state index in [2.05, 4.69) is 20.5 Å². The minimum Gasteiger partial charge on any atom is -0.450 e. The number of hydrogen-bond donors (Lipinski definition) is 2. The molecule has 0 aliphatic carbocycles. The molecule has 0 aromatic heterocycles. The predicted octanol–water partition coefficient (Wildman–Crippen LogP) is 2.16. The lowest BCUT2D eigenvalue weighted by Gasteiger charge is -2.35. The summed E-state index contributed by atoms with van der Waals surface area (Å²) in [7, 11) is 1.76. The van der Waals surface area contributed by atoms with E-state index in [0.29, 0.717) is 39.3 Å². The summed E-state index contributed by atoms with van der Waals surface area (Å²) in [6.45, 7) is 7.06. The first kappa shape index (κ1) is 21.7. The lowest BCUT2D eigenvalue weighted by atomic mass is 10.2. The van der Waals surface area contributed by atoms with Gasteiger partial charge in [-0.15, -0.1) is 0 Å². The van der Waals surface area contributed by atoms with Gasteiger partial charge in [0.2, 0.25) is 0 Å². The molecule has 0 bridgehead atoms. The Balaban J connectivity index is 1.49. The molecule has 0 saturated carbocycles. The van der Waals surface area contributed by atoms with Gasteiger partial charge in [0, 0.05) is 58.5 Å². The molecule has 0 atom stereocenters. The van der Waals surface area contributed by atoms with Crippen molar-refractivity contribution in [3.63, 3.8) is 0 Å². The molecule has 2 heterocycles. The number of urea groups is 1. The molecule has 30 heavy (non-hydrogen) atoms. The number of carbonyl (C=O) groups excluding carboxylic acids is 2. The van der Waals surface area contributed by atoms with Crippen LogP contribution in [-0.4, -0.2) is 85.7 Å². The van der Waals surface area contributed by atoms with Crippen LogP contribution >= 0.6 is 0 Å². The van der Waals surface area contributed by atoms with Crippen LogP contribution in [0.3, 0.4) is 0 Å². The molecule has 3 amide bonds. The molecule has 9 heteroatoms. The van der Waals surface area contributed by atoms with Crippen molar-refractivity contribution in [2.75, 3.05) is 58.2 Å². The molecule has 3 rings (SSSR count). The highest BCUT2D eigenvalue weighted by atomic mass is 16.6. The first-order valence-corrected chi connectivity index (χ1v) is 10.6. The van der Waals surface area contributed by atoms with Crippen LogP contribution in [0.4, 0.5) is 15.3 Å². The maximum absolute atomic E-state index is 12.3. The van der Waals surface area contributed by atoms with E-state index in [4.69, 9.17) is 4.74 Å². The third-order valence-electron chi connectivity index (χ3n) is 5.34. The fourth-order valence-corrected chi connectivity index (χ4v) is 3.71. The highest BCUT2D eigenvalue weighted by Crippen LogP contribution is 2.14. The van der Waals surface area contributed by atoms with Gasteiger partial charge in [-0.1, -0.05) is 12.1 Å². The number of benzene rings is 1. The van der Waals surface area contributed by atoms with Gasteiger partial charge in [0.05, 0.1) is 6.61 Å². The normalized spacial score (nSPS) is 17.1. The Labute approximate surface area is 178 Å². The van der Waals surface area contributed by atoms with Crippen LogP contribution in [-0.2, 0) is 11.3 Å². The van der Waals surface area contributed by atoms with E-state index in [0.717, 1.165) is 43.1 Å². The summed E-state index contributed by atoms with van der Waals surface area (Å²) in [4.78, 5) is 34.2. The topological polar surface area (TPSA) is 89.5 Å². The standard InChI is InChI=1S/C21H32N6O3/c1-3-30-21(29)27-13-11-25(12-14-27)19(22-2)23-16-17-7-6-8-18(15-17)24-20(28)26-9-4-5-10-26/h6-8,15H,3-5,9-14,16H2,1-2H3,(H,22,23)(H,24,28). The number of nitrogens with zero attached hydrogens (tertiary/aromatic N) is 4. The molecule has 1 aromatic carbocycles. The van der Waals surface area contributed by atoms with Gasteiger partial charge in [-0.2, -0.15) is 0 Å². The number of guanidine groups is 1. The summed E-state index contributed by atoms with van der Waals surface area (Å²) in [5.74, 6) is 0.796. The van der Waals surface area contributed by atoms with E-state index in [1.165, 1.54) is 0 Å². The minimum atomic E-state index is -0.257. The van der Waals surface area contributed by atoms with Crippen molar-refractivity contribution in [2.24, 2.45) is 4.99 Å². The van der Waals surface area contributed by atoms with Gasteiger partial charge in [0.15, 0.2) is 5.96 Å². The third kappa shape index (κ3) is 5.77. The maximum atomic E-state index is 12.3. The van der Waals surface area contributed by atoms with E-state index in [9.17, 15) is 9.59 Å². The summed E-state index contributed by atoms with van der Waals surface area (Å²) in [6.07, 6.45) is 1.89. The first-order chi connectivity index (χ1) is 14.6. The van der Waals surface area contributed by atoms with Gasteiger partial charge in [-0.3, -0.25) is 4.99 Å². The zero-order valence-corrected chi connectivity index (χ0v) is 17.9. The van der Waals surface area contributed by atoms with Crippen molar-refractivity contribution >= 4 is 23.8 Å². The number of amides is 3. The highest BCUT2D eigenvalue weighted by molar-refractivity contribution is 5.89. The molecule has 1 aromatic rings. The van der Waals surface area contributed by atoms with Gasteiger partial charge in [-0.25, -0.2) is 9.59 Å². The second-order valence-corrected chi connectivity index (χ2v) is 7.40. The Morgan fingerprint density at radius 3 is 2.40 bits per heavy atom. The summed E-state index contributed by atoms with van der Waals surface area (Å²) < 4.78 is 5.07. The number of anilines is 1. The van der Waals surface area contributed by atoms with Crippen molar-refractivity contribution in [3.8, 4) is 0 Å². The molecule has 2 fully saturated rings. The predicted molar refractivity (Wildman–Crippen MR) is 117 cm³/mol. The summed E-state index contributed by atoms with van der Waals surface area (Å²) in [5.41, 5.74) is 1.85. The molecule has 2 saturated heterocycles. The Hall–Kier alpha value is -2.97. The van der Waals surface area contributed by atoms with E-state index < -0.39 is 0 Å². The Morgan fingerprint density at radius 1 is 1.03 bits per heavy atom. The molecule has 2 aliphatic rings. The zero-order valence-electron chi connectivity index (χ0n) is 17.9. The highest BCUT2D eigenvalue weighted by Gasteiger charge is 2.23. The Morgan fingerprint density at radius 2 is 1.73 bits per heavy atom. The SMILES string of the molecule is CCOC(=O)N1CCN(C(=NC)NCc2cccc(NC(=O)N3CCCC3)c2)CC1. The van der Waals surface area contributed by atoms with Gasteiger partial charge < -0.3 is 30.1 Å². The molecule has 164 valence electrons. The van der Waals surface area contributed by atoms with Crippen LogP contribution in [0.15, 0.2) is 29.3 Å². The molecule has 0 radical (unpaired) electrons. The molecule has 9 nitrogen and oxygen atoms in total. The Kier molecular flexibility index (Phi) is 7.75. The third-order valence-corrected chi connectivity index (χ3v) is 5.34. The lowest BCUT2D eigenvalue weighted by Crippen LogP contribution is -2.53. The lowest BCUT2D eigenvalue weighted by molar-refractivity contribution is 0.0914. The molecular weight excluding hydrogens is 384 g/mol. The minimum absolute atomic E-state index is 0.0344. The van der Waals surface area contributed by atoms with Gasteiger partial charge in [-0.05, 0) is 37.5 Å². The average Bonchev–Trinajstić information content (AvgIpc) is 3.30. The smallest absolute Gasteiger partial charge is 0.409 e. The summed E-state index contributed by atoms with van der Waals surface area (Å²) in [6, 6.07) is 7.81. The molecular formula is C21H32N6O3. The number of ether oxygens (including phenoxy) is 1. The van der Waals surface area contributed by atoms with Crippen molar-refractivity contribution in [3.05, 3.63) is 29.8 Å². The van der Waals surface area contributed by atoms with Crippen LogP contribution in [0.1, 0.15) is 25.3 Å². The summed E-state index contributed by atoms with van der Waals surface area (Å²) >= 11 is 0. The number of likely N-dealkylation sites (tertiary alicyclic amines) is 1. The zero-order chi connectivity index (χ0) is 21.3. The molecule has 0 unspecified atom stereocenters. The van der Waals surface area contributed by atoms with Gasteiger partial charge >= 0.3 is 12.1 Å². The van der Waals surface area contributed by atoms with Crippen LogP contribution in [0.2, 0.25) is 0 Å². The number of carbonyl (C=O) groups is 2. The number of piperazine rings is 1. The van der Waals surface area contributed by atoms with Crippen LogP contribution in [0.25, 0.3) is 0 Å². The van der Waals surface area contributed by atoms with Crippen molar-refractivity contribution in [1.29, 1.82) is 0 Å². The molecule has 0 spiro atoms. The number of aliphatic imine (C=N–C) groups is 1. The van der Waals surface area contributed by atoms with E-state index >= 15 is 0 Å². The quantitative estimate of drug-likeness (QED) is 0.580. The van der Waals surface area contributed by atoms with Gasteiger partial charge in [0.25, 0.3) is 0 Å². The van der Waals surface area contributed by atoms with E-state index in [-0.39, 0.29) is 12.1 Å². The number of nitrogens with one attached hydrogen (secondary N) is 2. The van der Waals surface area contributed by atoms with Crippen molar-refractivity contribution in [1.82, 2.24) is 20.0 Å². The van der Waals surface area contributed by atoms with E-state index in [1.807, 2.05) is 36.1 Å². The average molecular weight is 417 g/mol.